The lowest BCUT2D eigenvalue weighted by atomic mass is 9.97. The molecule has 1 N–H and O–H groups in total. The molecular formula is C23H34N4O. The van der Waals surface area contributed by atoms with E-state index in [4.69, 9.17) is 0 Å². The summed E-state index contributed by atoms with van der Waals surface area (Å²) in [7, 11) is 0. The van der Waals surface area contributed by atoms with Gasteiger partial charge in [-0.25, -0.2) is 0 Å². The van der Waals surface area contributed by atoms with Gasteiger partial charge in [-0.2, -0.15) is 0 Å². The minimum absolute atomic E-state index is 0.261. The fraction of sp³-hybridized carbons (Fsp3) is 0.609. The molecule has 1 atom stereocenters. The summed E-state index contributed by atoms with van der Waals surface area (Å²) in [5.41, 5.74) is 2.34. The van der Waals surface area contributed by atoms with E-state index in [1.807, 2.05) is 6.20 Å². The third-order valence-electron chi connectivity index (χ3n) is 6.66. The number of benzene rings is 1. The van der Waals surface area contributed by atoms with Crippen molar-refractivity contribution in [2.45, 2.75) is 51.2 Å². The van der Waals surface area contributed by atoms with Gasteiger partial charge >= 0.3 is 0 Å². The van der Waals surface area contributed by atoms with E-state index < -0.39 is 0 Å². The second-order valence-corrected chi connectivity index (χ2v) is 8.56. The van der Waals surface area contributed by atoms with Crippen LogP contribution in [0, 0.1) is 0 Å². The highest BCUT2D eigenvalue weighted by atomic mass is 16.3. The molecule has 5 heteroatoms. The van der Waals surface area contributed by atoms with Crippen LogP contribution in [0.4, 0.5) is 5.69 Å². The summed E-state index contributed by atoms with van der Waals surface area (Å²) in [6.45, 7) is 10.4. The highest BCUT2D eigenvalue weighted by Gasteiger charge is 2.34. The Labute approximate surface area is 169 Å². The van der Waals surface area contributed by atoms with Crippen LogP contribution in [0.3, 0.4) is 0 Å². The molecule has 2 aromatic rings. The molecule has 0 radical (unpaired) electrons. The highest BCUT2D eigenvalue weighted by molar-refractivity contribution is 5.91. The Kier molecular flexibility index (Phi) is 6.14. The van der Waals surface area contributed by atoms with E-state index >= 15 is 0 Å². The maximum absolute atomic E-state index is 9.71. The molecule has 0 bridgehead atoms. The number of aliphatic hydroxyl groups is 1. The fourth-order valence-electron chi connectivity index (χ4n) is 5.07. The van der Waals surface area contributed by atoms with Gasteiger partial charge in [0.05, 0.1) is 5.52 Å². The topological polar surface area (TPSA) is 42.8 Å². The molecule has 2 aliphatic rings. The summed E-state index contributed by atoms with van der Waals surface area (Å²) >= 11 is 0. The lowest BCUT2D eigenvalue weighted by Crippen LogP contribution is -2.59. The molecule has 0 saturated carbocycles. The van der Waals surface area contributed by atoms with Crippen molar-refractivity contribution in [1.82, 2.24) is 14.8 Å². The zero-order valence-electron chi connectivity index (χ0n) is 17.3. The van der Waals surface area contributed by atoms with Crippen LogP contribution >= 0.6 is 0 Å². The number of hydrogen-bond donors (Lipinski definition) is 1. The van der Waals surface area contributed by atoms with E-state index in [0.29, 0.717) is 18.1 Å². The standard InChI is InChI=1S/C23H34N4O/c1-18(2)25-12-8-19(9-13-25)27-15-14-26(17-20(27)10-16-28)23-7-11-24-22-6-4-3-5-21(22)23/h3-7,11,18-20,28H,8-10,12-17H2,1-2H3. The number of para-hydroxylation sites is 1. The van der Waals surface area contributed by atoms with Crippen molar-refractivity contribution in [2.24, 2.45) is 0 Å². The van der Waals surface area contributed by atoms with E-state index in [9.17, 15) is 5.11 Å². The molecule has 28 heavy (non-hydrogen) atoms. The Bertz CT molecular complexity index is 767. The fourth-order valence-corrected chi connectivity index (χ4v) is 5.07. The van der Waals surface area contributed by atoms with Gasteiger partial charge in [0.15, 0.2) is 0 Å². The predicted octanol–water partition coefficient (Wildman–Crippen LogP) is 2.98. The molecule has 4 rings (SSSR count). The molecule has 1 aromatic heterocycles. The normalized spacial score (nSPS) is 23.0. The van der Waals surface area contributed by atoms with Gasteiger partial charge in [0, 0.05) is 61.6 Å². The molecule has 152 valence electrons. The van der Waals surface area contributed by atoms with Crippen molar-refractivity contribution in [3.05, 3.63) is 36.5 Å². The molecule has 0 aliphatic carbocycles. The number of nitrogens with zero attached hydrogens (tertiary/aromatic N) is 4. The third kappa shape index (κ3) is 4.02. The predicted molar refractivity (Wildman–Crippen MR) is 116 cm³/mol. The summed E-state index contributed by atoms with van der Waals surface area (Å²) < 4.78 is 0. The first kappa shape index (κ1) is 19.6. The van der Waals surface area contributed by atoms with Crippen molar-refractivity contribution < 1.29 is 5.11 Å². The largest absolute Gasteiger partial charge is 0.396 e. The zero-order valence-corrected chi connectivity index (χ0v) is 17.3. The molecule has 1 unspecified atom stereocenters. The first-order valence-electron chi connectivity index (χ1n) is 10.9. The van der Waals surface area contributed by atoms with Crippen molar-refractivity contribution in [3.8, 4) is 0 Å². The van der Waals surface area contributed by atoms with E-state index in [0.717, 1.165) is 31.6 Å². The number of likely N-dealkylation sites (tertiary alicyclic amines) is 1. The summed E-state index contributed by atoms with van der Waals surface area (Å²) in [4.78, 5) is 12.3. The molecule has 2 fully saturated rings. The highest BCUT2D eigenvalue weighted by Crippen LogP contribution is 2.30. The second-order valence-electron chi connectivity index (χ2n) is 8.56. The van der Waals surface area contributed by atoms with Gasteiger partial charge in [0.1, 0.15) is 0 Å². The first-order valence-corrected chi connectivity index (χ1v) is 10.9. The first-order chi connectivity index (χ1) is 13.7. The number of aromatic nitrogens is 1. The molecule has 5 nitrogen and oxygen atoms in total. The van der Waals surface area contributed by atoms with Crippen molar-refractivity contribution >= 4 is 16.6 Å². The molecule has 0 amide bonds. The summed E-state index contributed by atoms with van der Waals surface area (Å²) in [5.74, 6) is 0. The SMILES string of the molecule is CC(C)N1CCC(N2CCN(c3ccnc4ccccc34)CC2CCO)CC1. The summed E-state index contributed by atoms with van der Waals surface area (Å²) in [5, 5.41) is 10.9. The molecule has 1 aromatic carbocycles. The Morgan fingerprint density at radius 2 is 1.86 bits per heavy atom. The summed E-state index contributed by atoms with van der Waals surface area (Å²) in [6.07, 6.45) is 5.27. The number of fused-ring (bicyclic) bond motifs is 1. The van der Waals surface area contributed by atoms with Crippen LogP contribution in [0.1, 0.15) is 33.1 Å². The zero-order chi connectivity index (χ0) is 19.5. The molecule has 3 heterocycles. The average molecular weight is 383 g/mol. The number of rotatable bonds is 5. The van der Waals surface area contributed by atoms with Crippen LogP contribution < -0.4 is 4.90 Å². The van der Waals surface area contributed by atoms with Gasteiger partial charge in [0.25, 0.3) is 0 Å². The van der Waals surface area contributed by atoms with Crippen LogP contribution in [0.5, 0.6) is 0 Å². The number of piperazine rings is 1. The van der Waals surface area contributed by atoms with Crippen molar-refractivity contribution in [3.63, 3.8) is 0 Å². The van der Waals surface area contributed by atoms with Gasteiger partial charge in [0.2, 0.25) is 0 Å². The monoisotopic (exact) mass is 382 g/mol. The Balaban J connectivity index is 1.49. The number of aliphatic hydroxyl groups excluding tert-OH is 1. The van der Waals surface area contributed by atoms with Crippen molar-refractivity contribution in [2.75, 3.05) is 44.2 Å². The third-order valence-corrected chi connectivity index (χ3v) is 6.66. The van der Waals surface area contributed by atoms with E-state index in [2.05, 4.69) is 63.9 Å². The van der Waals surface area contributed by atoms with Crippen LogP contribution in [-0.2, 0) is 0 Å². The second kappa shape index (κ2) is 8.76. The number of pyridine rings is 1. The van der Waals surface area contributed by atoms with Crippen LogP contribution in [0.2, 0.25) is 0 Å². The average Bonchev–Trinajstić information content (AvgIpc) is 2.73. The summed E-state index contributed by atoms with van der Waals surface area (Å²) in [6, 6.07) is 12.3. The van der Waals surface area contributed by atoms with Gasteiger partial charge in [-0.05, 0) is 58.3 Å². The minimum atomic E-state index is 0.261. The van der Waals surface area contributed by atoms with E-state index in [1.165, 1.54) is 37.0 Å². The minimum Gasteiger partial charge on any atom is -0.396 e. The molecule has 2 aliphatic heterocycles. The molecule has 2 saturated heterocycles. The van der Waals surface area contributed by atoms with Crippen molar-refractivity contribution in [1.29, 1.82) is 0 Å². The number of anilines is 1. The van der Waals surface area contributed by atoms with E-state index in [1.54, 1.807) is 0 Å². The van der Waals surface area contributed by atoms with Crippen LogP contribution in [0.15, 0.2) is 36.5 Å². The lowest BCUT2D eigenvalue weighted by Gasteiger charge is -2.48. The molecular weight excluding hydrogens is 348 g/mol. The van der Waals surface area contributed by atoms with E-state index in [-0.39, 0.29) is 6.61 Å². The van der Waals surface area contributed by atoms with Crippen LogP contribution in [-0.4, -0.2) is 77.3 Å². The molecule has 0 spiro atoms. The van der Waals surface area contributed by atoms with Gasteiger partial charge in [-0.1, -0.05) is 18.2 Å². The van der Waals surface area contributed by atoms with Crippen LogP contribution in [0.25, 0.3) is 10.9 Å². The van der Waals surface area contributed by atoms with Gasteiger partial charge in [-0.3, -0.25) is 9.88 Å². The Morgan fingerprint density at radius 3 is 2.61 bits per heavy atom. The Hall–Kier alpha value is -1.69. The number of hydrogen-bond acceptors (Lipinski definition) is 5. The maximum Gasteiger partial charge on any atom is 0.0722 e. The van der Waals surface area contributed by atoms with Gasteiger partial charge < -0.3 is 14.9 Å². The van der Waals surface area contributed by atoms with Gasteiger partial charge in [-0.15, -0.1) is 0 Å². The Morgan fingerprint density at radius 1 is 1.07 bits per heavy atom. The smallest absolute Gasteiger partial charge is 0.0722 e. The lowest BCUT2D eigenvalue weighted by molar-refractivity contribution is 0.0464. The maximum atomic E-state index is 9.71. The quantitative estimate of drug-likeness (QED) is 0.861. The number of piperidine rings is 1.